The summed E-state index contributed by atoms with van der Waals surface area (Å²) in [4.78, 5) is 16.2. The highest BCUT2D eigenvalue weighted by Gasteiger charge is 2.33. The summed E-state index contributed by atoms with van der Waals surface area (Å²) in [5.41, 5.74) is -0.572. The highest BCUT2D eigenvalue weighted by molar-refractivity contribution is 5.86. The molecular formula is C18H21F3N2O. The van der Waals surface area contributed by atoms with Gasteiger partial charge in [0.15, 0.2) is 0 Å². The minimum absolute atomic E-state index is 0.0559. The van der Waals surface area contributed by atoms with E-state index >= 15 is 0 Å². The highest BCUT2D eigenvalue weighted by atomic mass is 19.4. The first-order chi connectivity index (χ1) is 11.4. The first-order valence-corrected chi connectivity index (χ1v) is 8.41. The molecule has 0 radical (unpaired) electrons. The Morgan fingerprint density at radius 2 is 2.04 bits per heavy atom. The number of nitrogens with zero attached hydrogens (tertiary/aromatic N) is 1. The van der Waals surface area contributed by atoms with Crippen LogP contribution in [0.25, 0.3) is 10.9 Å². The molecule has 1 atom stereocenters. The Kier molecular flexibility index (Phi) is 4.56. The Balaban J connectivity index is 2.10. The summed E-state index contributed by atoms with van der Waals surface area (Å²) in [5, 5.41) is 0.0559. The number of aromatic amines is 1. The monoisotopic (exact) mass is 338 g/mol. The van der Waals surface area contributed by atoms with Crippen LogP contribution < -0.4 is 10.5 Å². The quantitative estimate of drug-likeness (QED) is 0.880. The Morgan fingerprint density at radius 1 is 1.25 bits per heavy atom. The summed E-state index contributed by atoms with van der Waals surface area (Å²) in [7, 11) is 0. The lowest BCUT2D eigenvalue weighted by molar-refractivity contribution is -0.136. The van der Waals surface area contributed by atoms with Crippen molar-refractivity contribution in [3.05, 3.63) is 40.2 Å². The molecule has 6 heteroatoms. The molecule has 1 saturated heterocycles. The van der Waals surface area contributed by atoms with Crippen molar-refractivity contribution in [3.63, 3.8) is 0 Å². The number of piperidine rings is 1. The van der Waals surface area contributed by atoms with Crippen LogP contribution in [-0.4, -0.2) is 17.6 Å². The molecule has 24 heavy (non-hydrogen) atoms. The summed E-state index contributed by atoms with van der Waals surface area (Å²) in [6.07, 6.45) is 0.830. The third-order valence-corrected chi connectivity index (χ3v) is 4.71. The van der Waals surface area contributed by atoms with E-state index < -0.39 is 17.3 Å². The number of aromatic nitrogens is 1. The lowest BCUT2D eigenvalue weighted by Crippen LogP contribution is -2.39. The number of nitrogens with one attached hydrogen (secondary N) is 1. The molecule has 130 valence electrons. The number of hydrogen-bond acceptors (Lipinski definition) is 2. The smallest absolute Gasteiger partial charge is 0.369 e. The molecule has 3 rings (SSSR count). The molecule has 2 heterocycles. The van der Waals surface area contributed by atoms with Crippen molar-refractivity contribution in [1.82, 2.24) is 4.98 Å². The molecule has 1 unspecified atom stereocenters. The number of rotatable bonds is 3. The van der Waals surface area contributed by atoms with Gasteiger partial charge in [0.25, 0.3) is 0 Å². The van der Waals surface area contributed by atoms with Gasteiger partial charge in [0.1, 0.15) is 0 Å². The molecule has 0 spiro atoms. The summed E-state index contributed by atoms with van der Waals surface area (Å²) in [6, 6.07) is 5.98. The van der Waals surface area contributed by atoms with Gasteiger partial charge in [0, 0.05) is 35.2 Å². The van der Waals surface area contributed by atoms with Crippen LogP contribution in [0.15, 0.2) is 29.1 Å². The summed E-state index contributed by atoms with van der Waals surface area (Å²) >= 11 is 0. The van der Waals surface area contributed by atoms with E-state index in [9.17, 15) is 18.0 Å². The number of anilines is 1. The van der Waals surface area contributed by atoms with Gasteiger partial charge < -0.3 is 9.88 Å². The molecule has 1 N–H and O–H groups in total. The van der Waals surface area contributed by atoms with Gasteiger partial charge in [-0.25, -0.2) is 0 Å². The van der Waals surface area contributed by atoms with Crippen LogP contribution in [0.5, 0.6) is 0 Å². The van der Waals surface area contributed by atoms with E-state index in [1.807, 2.05) is 6.07 Å². The van der Waals surface area contributed by atoms with E-state index in [0.717, 1.165) is 44.3 Å². The van der Waals surface area contributed by atoms with Gasteiger partial charge in [0.2, 0.25) is 5.56 Å². The van der Waals surface area contributed by atoms with Gasteiger partial charge in [-0.1, -0.05) is 13.3 Å². The molecule has 0 saturated carbocycles. The van der Waals surface area contributed by atoms with E-state index in [0.29, 0.717) is 12.1 Å². The van der Waals surface area contributed by atoms with Crippen molar-refractivity contribution in [2.45, 2.75) is 51.2 Å². The fourth-order valence-corrected chi connectivity index (χ4v) is 3.63. The van der Waals surface area contributed by atoms with Gasteiger partial charge >= 0.3 is 6.18 Å². The predicted molar refractivity (Wildman–Crippen MR) is 89.5 cm³/mol. The van der Waals surface area contributed by atoms with Crippen LogP contribution in [-0.2, 0) is 6.18 Å². The number of halogens is 3. The molecule has 1 aromatic heterocycles. The molecule has 1 aliphatic heterocycles. The highest BCUT2D eigenvalue weighted by Crippen LogP contribution is 2.36. The predicted octanol–water partition coefficient (Wildman–Crippen LogP) is 4.71. The zero-order chi connectivity index (χ0) is 17.3. The molecule has 0 amide bonds. The van der Waals surface area contributed by atoms with Crippen LogP contribution in [0, 0.1) is 0 Å². The van der Waals surface area contributed by atoms with E-state index in [1.165, 1.54) is 0 Å². The normalized spacial score (nSPS) is 19.0. The molecule has 1 aliphatic rings. The number of pyridine rings is 1. The molecule has 3 nitrogen and oxygen atoms in total. The third kappa shape index (κ3) is 3.28. The molecule has 1 aromatic carbocycles. The Labute approximate surface area is 138 Å². The van der Waals surface area contributed by atoms with Crippen LogP contribution in [0.4, 0.5) is 18.9 Å². The van der Waals surface area contributed by atoms with Crippen LogP contribution >= 0.6 is 0 Å². The number of alkyl halides is 3. The first-order valence-electron chi connectivity index (χ1n) is 8.41. The summed E-state index contributed by atoms with van der Waals surface area (Å²) < 4.78 is 39.9. The van der Waals surface area contributed by atoms with Gasteiger partial charge in [-0.15, -0.1) is 0 Å². The van der Waals surface area contributed by atoms with Crippen molar-refractivity contribution in [2.24, 2.45) is 0 Å². The largest absolute Gasteiger partial charge is 0.417 e. The Bertz CT molecular complexity index is 780. The van der Waals surface area contributed by atoms with E-state index in [-0.39, 0.29) is 10.9 Å². The average molecular weight is 338 g/mol. The van der Waals surface area contributed by atoms with E-state index in [4.69, 9.17) is 0 Å². The molecule has 0 aliphatic carbocycles. The number of fused-ring (bicyclic) bond motifs is 1. The lowest BCUT2D eigenvalue weighted by Gasteiger charge is -2.38. The van der Waals surface area contributed by atoms with Crippen molar-refractivity contribution >= 4 is 16.6 Å². The Hall–Kier alpha value is -1.98. The molecule has 2 aromatic rings. The molecule has 1 fully saturated rings. The maximum atomic E-state index is 13.3. The van der Waals surface area contributed by atoms with Crippen LogP contribution in [0.1, 0.15) is 44.6 Å². The SMILES string of the molecule is CCCC1CCCCN1c1ccc2[nH]c(=O)cc(C(F)(F)F)c2c1. The third-order valence-electron chi connectivity index (χ3n) is 4.71. The number of benzene rings is 1. The Morgan fingerprint density at radius 3 is 2.75 bits per heavy atom. The zero-order valence-corrected chi connectivity index (χ0v) is 13.6. The van der Waals surface area contributed by atoms with Crippen molar-refractivity contribution < 1.29 is 13.2 Å². The van der Waals surface area contributed by atoms with E-state index in [2.05, 4.69) is 16.8 Å². The fraction of sp³-hybridized carbons (Fsp3) is 0.500. The molecular weight excluding hydrogens is 317 g/mol. The maximum Gasteiger partial charge on any atom is 0.417 e. The summed E-state index contributed by atoms with van der Waals surface area (Å²) in [6.45, 7) is 2.99. The zero-order valence-electron chi connectivity index (χ0n) is 13.6. The first kappa shape index (κ1) is 16.9. The molecule has 0 bridgehead atoms. The second-order valence-corrected chi connectivity index (χ2v) is 6.41. The van der Waals surface area contributed by atoms with Crippen molar-refractivity contribution in [3.8, 4) is 0 Å². The van der Waals surface area contributed by atoms with E-state index in [1.54, 1.807) is 12.1 Å². The van der Waals surface area contributed by atoms with Gasteiger partial charge in [-0.2, -0.15) is 13.2 Å². The summed E-state index contributed by atoms with van der Waals surface area (Å²) in [5.74, 6) is 0. The van der Waals surface area contributed by atoms with Crippen molar-refractivity contribution in [2.75, 3.05) is 11.4 Å². The van der Waals surface area contributed by atoms with Crippen LogP contribution in [0.2, 0.25) is 0 Å². The fourth-order valence-electron chi connectivity index (χ4n) is 3.63. The second-order valence-electron chi connectivity index (χ2n) is 6.41. The van der Waals surface area contributed by atoms with Gasteiger partial charge in [-0.3, -0.25) is 4.79 Å². The maximum absolute atomic E-state index is 13.3. The number of hydrogen-bond donors (Lipinski definition) is 1. The van der Waals surface area contributed by atoms with Crippen molar-refractivity contribution in [1.29, 1.82) is 0 Å². The topological polar surface area (TPSA) is 36.1 Å². The second kappa shape index (κ2) is 6.49. The van der Waals surface area contributed by atoms with Gasteiger partial charge in [-0.05, 0) is 43.9 Å². The lowest BCUT2D eigenvalue weighted by atomic mass is 9.97. The minimum Gasteiger partial charge on any atom is -0.369 e. The van der Waals surface area contributed by atoms with Gasteiger partial charge in [0.05, 0.1) is 5.56 Å². The number of H-pyrrole nitrogens is 1. The van der Waals surface area contributed by atoms with Crippen LogP contribution in [0.3, 0.4) is 0 Å². The standard InChI is InChI=1S/C18H21F3N2O/c1-2-5-12-6-3-4-9-23(12)13-7-8-16-14(10-13)15(18(19,20)21)11-17(24)22-16/h7-8,10-12H,2-6,9H2,1H3,(H,22,24). The minimum atomic E-state index is -4.55. The average Bonchev–Trinajstić information content (AvgIpc) is 2.54.